The summed E-state index contributed by atoms with van der Waals surface area (Å²) in [5.74, 6) is 0.275. The maximum Gasteiger partial charge on any atom is 0.337 e. The average Bonchev–Trinajstić information content (AvgIpc) is 2.97. The summed E-state index contributed by atoms with van der Waals surface area (Å²) in [4.78, 5) is 15.5. The minimum absolute atomic E-state index is 0.232. The zero-order chi connectivity index (χ0) is 13.9. The number of hydrogen-bond donors (Lipinski definition) is 2. The van der Waals surface area contributed by atoms with Gasteiger partial charge >= 0.3 is 5.97 Å². The second-order valence-electron chi connectivity index (χ2n) is 4.98. The molecule has 2 heterocycles. The Hall–Kier alpha value is -2.14. The van der Waals surface area contributed by atoms with Crippen LogP contribution < -0.4 is 5.32 Å². The predicted molar refractivity (Wildman–Crippen MR) is 76.1 cm³/mol. The Morgan fingerprint density at radius 2 is 2.20 bits per heavy atom. The number of rotatable bonds is 4. The first-order valence-corrected chi connectivity index (χ1v) is 6.68. The lowest BCUT2D eigenvalue weighted by Gasteiger charge is -2.13. The van der Waals surface area contributed by atoms with Gasteiger partial charge in [0.1, 0.15) is 5.82 Å². The smallest absolute Gasteiger partial charge is 0.337 e. The Morgan fingerprint density at radius 1 is 1.40 bits per heavy atom. The third-order valence-corrected chi connectivity index (χ3v) is 3.61. The van der Waals surface area contributed by atoms with Gasteiger partial charge in [-0.3, -0.25) is 0 Å². The van der Waals surface area contributed by atoms with Gasteiger partial charge in [-0.1, -0.05) is 24.3 Å². The zero-order valence-electron chi connectivity index (χ0n) is 11.0. The number of aromatic carboxylic acids is 1. The molecule has 3 rings (SSSR count). The summed E-state index contributed by atoms with van der Waals surface area (Å²) in [6.45, 7) is 2.39. The number of ether oxygens (including phenoxy) is 1. The highest BCUT2D eigenvalue weighted by Crippen LogP contribution is 2.25. The molecule has 1 atom stereocenters. The van der Waals surface area contributed by atoms with E-state index >= 15 is 0 Å². The van der Waals surface area contributed by atoms with Crippen molar-refractivity contribution in [3.8, 4) is 0 Å². The van der Waals surface area contributed by atoms with Gasteiger partial charge in [0.15, 0.2) is 0 Å². The molecule has 0 saturated carbocycles. The highest BCUT2D eigenvalue weighted by atomic mass is 16.5. The number of nitrogens with one attached hydrogen (secondary N) is 1. The Bertz CT molecular complexity index is 636. The van der Waals surface area contributed by atoms with E-state index < -0.39 is 5.97 Å². The Balaban J connectivity index is 1.91. The van der Waals surface area contributed by atoms with E-state index in [-0.39, 0.29) is 5.56 Å². The van der Waals surface area contributed by atoms with Crippen LogP contribution in [0.4, 0.5) is 5.82 Å². The zero-order valence-corrected chi connectivity index (χ0v) is 11.0. The first kappa shape index (κ1) is 12.9. The van der Waals surface area contributed by atoms with Crippen LogP contribution in [0, 0.1) is 5.92 Å². The van der Waals surface area contributed by atoms with E-state index in [4.69, 9.17) is 4.74 Å². The predicted octanol–water partition coefficient (Wildman–Crippen LogP) is 2.38. The number of hydrogen-bond acceptors (Lipinski definition) is 4. The van der Waals surface area contributed by atoms with Gasteiger partial charge in [-0.2, -0.15) is 0 Å². The van der Waals surface area contributed by atoms with Crippen molar-refractivity contribution < 1.29 is 14.6 Å². The number of carbonyl (C=O) groups is 1. The van der Waals surface area contributed by atoms with Crippen molar-refractivity contribution in [1.82, 2.24) is 4.98 Å². The molecule has 1 unspecified atom stereocenters. The second-order valence-corrected chi connectivity index (χ2v) is 4.98. The number of pyridine rings is 1. The lowest BCUT2D eigenvalue weighted by molar-refractivity contribution is 0.0698. The summed E-state index contributed by atoms with van der Waals surface area (Å²) in [7, 11) is 0. The number of nitrogens with zero attached hydrogens (tertiary/aromatic N) is 1. The van der Waals surface area contributed by atoms with Gasteiger partial charge in [0.25, 0.3) is 0 Å². The molecule has 5 heteroatoms. The molecule has 0 spiro atoms. The fourth-order valence-corrected chi connectivity index (χ4v) is 2.49. The van der Waals surface area contributed by atoms with E-state index in [1.54, 1.807) is 0 Å². The standard InChI is InChI=1S/C15H16N2O3/c18-15(19)13-8-17-14(12-4-2-1-3-11(12)13)16-7-10-5-6-20-9-10/h1-4,8,10H,5-7,9H2,(H,16,17)(H,18,19). The molecule has 1 saturated heterocycles. The summed E-state index contributed by atoms with van der Waals surface area (Å²) >= 11 is 0. The molecule has 0 bridgehead atoms. The molecule has 0 amide bonds. The van der Waals surface area contributed by atoms with E-state index in [2.05, 4.69) is 10.3 Å². The van der Waals surface area contributed by atoms with Gasteiger partial charge < -0.3 is 15.2 Å². The molecule has 2 N–H and O–H groups in total. The van der Waals surface area contributed by atoms with Crippen molar-refractivity contribution in [3.63, 3.8) is 0 Å². The quantitative estimate of drug-likeness (QED) is 0.894. The van der Waals surface area contributed by atoms with Crippen LogP contribution in [-0.2, 0) is 4.74 Å². The van der Waals surface area contributed by atoms with E-state index in [0.29, 0.717) is 11.3 Å². The van der Waals surface area contributed by atoms with E-state index in [1.807, 2.05) is 24.3 Å². The van der Waals surface area contributed by atoms with Crippen molar-refractivity contribution in [3.05, 3.63) is 36.0 Å². The number of fused-ring (bicyclic) bond motifs is 1. The molecular formula is C15H16N2O3. The monoisotopic (exact) mass is 272 g/mol. The van der Waals surface area contributed by atoms with Crippen LogP contribution in [0.15, 0.2) is 30.5 Å². The van der Waals surface area contributed by atoms with Crippen LogP contribution in [0.2, 0.25) is 0 Å². The molecule has 1 aromatic heterocycles. The molecule has 1 aromatic carbocycles. The minimum atomic E-state index is -0.954. The molecule has 20 heavy (non-hydrogen) atoms. The molecule has 5 nitrogen and oxygen atoms in total. The Kier molecular flexibility index (Phi) is 3.52. The van der Waals surface area contributed by atoms with Gasteiger partial charge in [0.2, 0.25) is 0 Å². The highest BCUT2D eigenvalue weighted by molar-refractivity contribution is 6.06. The van der Waals surface area contributed by atoms with E-state index in [1.165, 1.54) is 6.20 Å². The van der Waals surface area contributed by atoms with Gasteiger partial charge in [-0.15, -0.1) is 0 Å². The fraction of sp³-hybridized carbons (Fsp3) is 0.333. The van der Waals surface area contributed by atoms with Crippen molar-refractivity contribution in [1.29, 1.82) is 0 Å². The maximum absolute atomic E-state index is 11.2. The lowest BCUT2D eigenvalue weighted by Crippen LogP contribution is -2.15. The van der Waals surface area contributed by atoms with Crippen LogP contribution >= 0.6 is 0 Å². The number of carboxylic acids is 1. The van der Waals surface area contributed by atoms with Gasteiger partial charge in [-0.25, -0.2) is 9.78 Å². The first-order valence-electron chi connectivity index (χ1n) is 6.68. The van der Waals surface area contributed by atoms with Crippen LogP contribution in [0.25, 0.3) is 10.8 Å². The van der Waals surface area contributed by atoms with Gasteiger partial charge in [0.05, 0.1) is 12.2 Å². The maximum atomic E-state index is 11.2. The molecule has 104 valence electrons. The van der Waals surface area contributed by atoms with Gasteiger partial charge in [-0.05, 0) is 6.42 Å². The van der Waals surface area contributed by atoms with Crippen molar-refractivity contribution >= 4 is 22.6 Å². The minimum Gasteiger partial charge on any atom is -0.478 e. The van der Waals surface area contributed by atoms with Crippen molar-refractivity contribution in [2.75, 3.05) is 25.1 Å². The third kappa shape index (κ3) is 2.44. The largest absolute Gasteiger partial charge is 0.478 e. The van der Waals surface area contributed by atoms with Crippen molar-refractivity contribution in [2.24, 2.45) is 5.92 Å². The Labute approximate surface area is 116 Å². The molecule has 1 aliphatic rings. The highest BCUT2D eigenvalue weighted by Gasteiger charge is 2.17. The molecule has 0 aliphatic carbocycles. The average molecular weight is 272 g/mol. The Morgan fingerprint density at radius 3 is 2.90 bits per heavy atom. The number of aromatic nitrogens is 1. The summed E-state index contributed by atoms with van der Waals surface area (Å²) in [6.07, 6.45) is 2.47. The molecule has 2 aromatic rings. The summed E-state index contributed by atoms with van der Waals surface area (Å²) in [6, 6.07) is 7.43. The van der Waals surface area contributed by atoms with Crippen LogP contribution in [0.5, 0.6) is 0 Å². The third-order valence-electron chi connectivity index (χ3n) is 3.61. The lowest BCUT2D eigenvalue weighted by atomic mass is 10.1. The topological polar surface area (TPSA) is 71.5 Å². The van der Waals surface area contributed by atoms with E-state index in [9.17, 15) is 9.90 Å². The number of carboxylic acid groups (broad SMARTS) is 1. The summed E-state index contributed by atoms with van der Waals surface area (Å²) < 4.78 is 5.35. The number of benzene rings is 1. The molecule has 0 radical (unpaired) electrons. The molecule has 1 aliphatic heterocycles. The number of anilines is 1. The SMILES string of the molecule is O=C(O)c1cnc(NCC2CCOC2)c2ccccc12. The van der Waals surface area contributed by atoms with Gasteiger partial charge in [0, 0.05) is 36.0 Å². The van der Waals surface area contributed by atoms with Crippen LogP contribution in [0.1, 0.15) is 16.8 Å². The molecule has 1 fully saturated rings. The summed E-state index contributed by atoms with van der Waals surface area (Å²) in [5.41, 5.74) is 0.232. The van der Waals surface area contributed by atoms with Crippen LogP contribution in [0.3, 0.4) is 0 Å². The second kappa shape index (κ2) is 5.46. The van der Waals surface area contributed by atoms with Crippen LogP contribution in [-0.4, -0.2) is 35.8 Å². The first-order chi connectivity index (χ1) is 9.75. The summed E-state index contributed by atoms with van der Waals surface area (Å²) in [5, 5.41) is 14.1. The van der Waals surface area contributed by atoms with E-state index in [0.717, 1.165) is 37.4 Å². The van der Waals surface area contributed by atoms with Crippen molar-refractivity contribution in [2.45, 2.75) is 6.42 Å². The normalized spacial score (nSPS) is 18.3. The fourth-order valence-electron chi connectivity index (χ4n) is 2.49. The molecular weight excluding hydrogens is 256 g/mol.